The number of likely N-dealkylation sites (tertiary alicyclic amines) is 1. The number of piperidine rings is 1. The predicted molar refractivity (Wildman–Crippen MR) is 99.3 cm³/mol. The van der Waals surface area contributed by atoms with Crippen LogP contribution in [0.4, 0.5) is 4.39 Å². The van der Waals surface area contributed by atoms with Gasteiger partial charge >= 0.3 is 0 Å². The van der Waals surface area contributed by atoms with Crippen molar-refractivity contribution in [3.05, 3.63) is 54.2 Å². The quantitative estimate of drug-likeness (QED) is 0.661. The van der Waals surface area contributed by atoms with Gasteiger partial charge in [0.25, 0.3) is 0 Å². The van der Waals surface area contributed by atoms with Crippen LogP contribution in [-0.4, -0.2) is 37.2 Å². The number of halogens is 1. The molecule has 1 aliphatic heterocycles. The fourth-order valence-electron chi connectivity index (χ4n) is 3.75. The summed E-state index contributed by atoms with van der Waals surface area (Å²) in [7, 11) is 0. The maximum Gasteiger partial charge on any atom is 0.247 e. The van der Waals surface area contributed by atoms with Gasteiger partial charge in [0.2, 0.25) is 11.8 Å². The van der Waals surface area contributed by atoms with Crippen molar-refractivity contribution in [1.82, 2.24) is 24.6 Å². The summed E-state index contributed by atoms with van der Waals surface area (Å²) in [5.74, 6) is 1.69. The molecule has 3 heterocycles. The van der Waals surface area contributed by atoms with E-state index in [1.54, 1.807) is 12.1 Å². The van der Waals surface area contributed by atoms with Gasteiger partial charge in [-0.25, -0.2) is 9.37 Å². The molecule has 3 aromatic rings. The Morgan fingerprint density at radius 3 is 3.00 bits per heavy atom. The molecular weight excluding hydrogens is 345 g/mol. The molecule has 1 unspecified atom stereocenters. The van der Waals surface area contributed by atoms with Crippen molar-refractivity contribution in [1.29, 1.82) is 0 Å². The van der Waals surface area contributed by atoms with Gasteiger partial charge in [0.05, 0.1) is 6.54 Å². The highest BCUT2D eigenvalue weighted by atomic mass is 19.1. The van der Waals surface area contributed by atoms with Crippen LogP contribution in [0.5, 0.6) is 0 Å². The van der Waals surface area contributed by atoms with E-state index < -0.39 is 0 Å². The third-order valence-corrected chi connectivity index (χ3v) is 5.25. The molecule has 1 saturated heterocycles. The number of rotatable bonds is 6. The summed E-state index contributed by atoms with van der Waals surface area (Å²) < 4.78 is 21.4. The van der Waals surface area contributed by atoms with Crippen LogP contribution >= 0.6 is 0 Å². The van der Waals surface area contributed by atoms with Crippen molar-refractivity contribution in [3.63, 3.8) is 0 Å². The van der Waals surface area contributed by atoms with Crippen molar-refractivity contribution >= 4 is 0 Å². The Labute approximate surface area is 158 Å². The van der Waals surface area contributed by atoms with Crippen LogP contribution in [0.2, 0.25) is 0 Å². The number of benzene rings is 1. The molecule has 0 bridgehead atoms. The molecule has 4 rings (SSSR count). The largest absolute Gasteiger partial charge is 0.419 e. The lowest BCUT2D eigenvalue weighted by atomic mass is 9.99. The zero-order chi connectivity index (χ0) is 18.6. The molecule has 27 heavy (non-hydrogen) atoms. The Morgan fingerprint density at radius 1 is 1.26 bits per heavy atom. The highest BCUT2D eigenvalue weighted by molar-refractivity contribution is 5.52. The Kier molecular flexibility index (Phi) is 5.29. The molecule has 0 amide bonds. The molecule has 0 aliphatic carbocycles. The van der Waals surface area contributed by atoms with Crippen molar-refractivity contribution in [3.8, 4) is 11.5 Å². The summed E-state index contributed by atoms with van der Waals surface area (Å²) in [6, 6.07) is 6.73. The lowest BCUT2D eigenvalue weighted by molar-refractivity contribution is 0.117. The van der Waals surface area contributed by atoms with Crippen LogP contribution < -0.4 is 0 Å². The first-order chi connectivity index (χ1) is 13.2. The number of aromatic nitrogens is 4. The lowest BCUT2D eigenvalue weighted by Gasteiger charge is -2.34. The van der Waals surface area contributed by atoms with Gasteiger partial charge in [-0.05, 0) is 50.9 Å². The first kappa shape index (κ1) is 17.9. The minimum atomic E-state index is -0.307. The summed E-state index contributed by atoms with van der Waals surface area (Å²) in [6.07, 6.45) is 8.57. The monoisotopic (exact) mass is 369 g/mol. The van der Waals surface area contributed by atoms with Crippen molar-refractivity contribution < 1.29 is 8.81 Å². The van der Waals surface area contributed by atoms with Crippen LogP contribution in [0.1, 0.15) is 37.4 Å². The summed E-state index contributed by atoms with van der Waals surface area (Å²) >= 11 is 0. The first-order valence-electron chi connectivity index (χ1n) is 9.49. The fraction of sp³-hybridized carbons (Fsp3) is 0.450. The van der Waals surface area contributed by atoms with E-state index in [1.807, 2.05) is 19.3 Å². The average molecular weight is 369 g/mol. The minimum absolute atomic E-state index is 0.307. The van der Waals surface area contributed by atoms with E-state index in [2.05, 4.69) is 24.6 Å². The molecule has 7 heteroatoms. The van der Waals surface area contributed by atoms with Gasteiger partial charge in [-0.1, -0.05) is 12.5 Å². The van der Waals surface area contributed by atoms with E-state index in [1.165, 1.54) is 31.4 Å². The molecule has 0 radical (unpaired) electrons. The maximum absolute atomic E-state index is 13.4. The fourth-order valence-corrected chi connectivity index (χ4v) is 3.75. The van der Waals surface area contributed by atoms with Gasteiger partial charge in [0.15, 0.2) is 0 Å². The van der Waals surface area contributed by atoms with Gasteiger partial charge in [-0.15, -0.1) is 10.2 Å². The summed E-state index contributed by atoms with van der Waals surface area (Å²) in [4.78, 5) is 6.72. The van der Waals surface area contributed by atoms with Crippen LogP contribution in [0.25, 0.3) is 11.5 Å². The molecule has 1 fully saturated rings. The third-order valence-electron chi connectivity index (χ3n) is 5.25. The second-order valence-electron chi connectivity index (χ2n) is 7.09. The molecule has 2 aromatic heterocycles. The highest BCUT2D eigenvalue weighted by Gasteiger charge is 2.24. The Bertz CT molecular complexity index is 890. The van der Waals surface area contributed by atoms with E-state index in [9.17, 15) is 4.39 Å². The predicted octanol–water partition coefficient (Wildman–Crippen LogP) is 3.83. The number of aryl methyl sites for hydroxylation is 2. The standard InChI is InChI=1S/C20H24FN5O/c1-15-22-9-12-25(15)11-8-18-7-2-3-10-26(18)14-19-23-24-20(27-19)16-5-4-6-17(21)13-16/h4-6,9,12-13,18H,2-3,7-8,10-11,14H2,1H3. The number of imidazole rings is 1. The summed E-state index contributed by atoms with van der Waals surface area (Å²) in [5.41, 5.74) is 0.611. The smallest absolute Gasteiger partial charge is 0.247 e. The third kappa shape index (κ3) is 4.24. The number of hydrogen-bond donors (Lipinski definition) is 0. The number of hydrogen-bond acceptors (Lipinski definition) is 5. The molecule has 1 aliphatic rings. The molecule has 142 valence electrons. The van der Waals surface area contributed by atoms with E-state index >= 15 is 0 Å². The van der Waals surface area contributed by atoms with Gasteiger partial charge < -0.3 is 8.98 Å². The van der Waals surface area contributed by atoms with Crippen molar-refractivity contribution in [2.45, 2.75) is 51.7 Å². The van der Waals surface area contributed by atoms with Gasteiger partial charge in [0.1, 0.15) is 11.6 Å². The molecule has 0 N–H and O–H groups in total. The first-order valence-corrected chi connectivity index (χ1v) is 9.49. The van der Waals surface area contributed by atoms with Crippen LogP contribution in [0, 0.1) is 12.7 Å². The Morgan fingerprint density at radius 2 is 2.19 bits per heavy atom. The normalized spacial score (nSPS) is 18.1. The topological polar surface area (TPSA) is 60.0 Å². The molecule has 6 nitrogen and oxygen atoms in total. The van der Waals surface area contributed by atoms with Gasteiger partial charge in [-0.3, -0.25) is 4.90 Å². The van der Waals surface area contributed by atoms with Crippen molar-refractivity contribution in [2.75, 3.05) is 6.54 Å². The van der Waals surface area contributed by atoms with Crippen LogP contribution in [-0.2, 0) is 13.1 Å². The molecule has 1 atom stereocenters. The average Bonchev–Trinajstić information content (AvgIpc) is 3.30. The molecular formula is C20H24FN5O. The summed E-state index contributed by atoms with van der Waals surface area (Å²) in [5, 5.41) is 8.27. The SMILES string of the molecule is Cc1nccn1CCC1CCCCN1Cc1nnc(-c2cccc(F)c2)o1. The number of nitrogens with zero attached hydrogens (tertiary/aromatic N) is 5. The second-order valence-corrected chi connectivity index (χ2v) is 7.09. The molecule has 1 aromatic carbocycles. The zero-order valence-corrected chi connectivity index (χ0v) is 15.5. The van der Waals surface area contributed by atoms with E-state index in [0.717, 1.165) is 25.3 Å². The van der Waals surface area contributed by atoms with Gasteiger partial charge in [0, 0.05) is 30.5 Å². The van der Waals surface area contributed by atoms with E-state index in [-0.39, 0.29) is 5.82 Å². The zero-order valence-electron chi connectivity index (χ0n) is 15.5. The highest BCUT2D eigenvalue weighted by Crippen LogP contribution is 2.24. The van der Waals surface area contributed by atoms with Gasteiger partial charge in [-0.2, -0.15) is 0 Å². The summed E-state index contributed by atoms with van der Waals surface area (Å²) in [6.45, 7) is 4.66. The van der Waals surface area contributed by atoms with Crippen LogP contribution in [0.3, 0.4) is 0 Å². The second kappa shape index (κ2) is 8.00. The molecule has 0 spiro atoms. The van der Waals surface area contributed by atoms with Crippen molar-refractivity contribution in [2.24, 2.45) is 0 Å². The minimum Gasteiger partial charge on any atom is -0.419 e. The Hall–Kier alpha value is -2.54. The van der Waals surface area contributed by atoms with E-state index in [0.29, 0.717) is 29.9 Å². The maximum atomic E-state index is 13.4. The van der Waals surface area contributed by atoms with Crippen LogP contribution in [0.15, 0.2) is 41.1 Å². The van der Waals surface area contributed by atoms with E-state index in [4.69, 9.17) is 4.42 Å². The lowest BCUT2D eigenvalue weighted by Crippen LogP contribution is -2.39. The molecule has 0 saturated carbocycles. The Balaban J connectivity index is 1.41.